The number of esters is 1. The molecule has 0 saturated carbocycles. The van der Waals surface area contributed by atoms with E-state index >= 15 is 0 Å². The van der Waals surface area contributed by atoms with Gasteiger partial charge in [0, 0.05) is 6.42 Å². The lowest BCUT2D eigenvalue weighted by Crippen LogP contribution is -2.34. The average Bonchev–Trinajstić information content (AvgIpc) is 3.12. The average molecular weight is 350 g/mol. The first-order chi connectivity index (χ1) is 11.3. The first-order valence-electron chi connectivity index (χ1n) is 8.44. The quantitative estimate of drug-likeness (QED) is 0.407. The summed E-state index contributed by atoms with van der Waals surface area (Å²) in [6.07, 6.45) is 5.57. The smallest absolute Gasteiger partial charge is 0.341 e. The van der Waals surface area contributed by atoms with Gasteiger partial charge in [0.25, 0.3) is 0 Å². The van der Waals surface area contributed by atoms with Gasteiger partial charge in [-0.1, -0.05) is 0 Å². The SMILES string of the molecule is CCOC(=O)C1=C(C(CCc2ccoc2)O[Si](C)(C)C)CCC1=O. The fraction of sp³-hybridized carbons (Fsp3) is 0.556. The molecule has 1 atom stereocenters. The van der Waals surface area contributed by atoms with Crippen LogP contribution in [0.2, 0.25) is 19.6 Å². The number of furan rings is 1. The van der Waals surface area contributed by atoms with Crippen LogP contribution < -0.4 is 0 Å². The summed E-state index contributed by atoms with van der Waals surface area (Å²) < 4.78 is 16.5. The maximum atomic E-state index is 12.2. The van der Waals surface area contributed by atoms with Crippen molar-refractivity contribution in [3.63, 3.8) is 0 Å². The zero-order chi connectivity index (χ0) is 17.7. The normalized spacial score (nSPS) is 16.6. The van der Waals surface area contributed by atoms with E-state index in [1.165, 1.54) is 0 Å². The highest BCUT2D eigenvalue weighted by molar-refractivity contribution is 6.69. The second kappa shape index (κ2) is 7.94. The summed E-state index contributed by atoms with van der Waals surface area (Å²) in [6.45, 7) is 8.33. The number of ether oxygens (including phenoxy) is 1. The summed E-state index contributed by atoms with van der Waals surface area (Å²) in [4.78, 5) is 24.4. The molecule has 1 unspecified atom stereocenters. The number of carbonyl (C=O) groups excluding carboxylic acids is 2. The van der Waals surface area contributed by atoms with Gasteiger partial charge in [-0.05, 0) is 63.0 Å². The van der Waals surface area contributed by atoms with E-state index in [2.05, 4.69) is 19.6 Å². The monoisotopic (exact) mass is 350 g/mol. The van der Waals surface area contributed by atoms with Gasteiger partial charge in [0.2, 0.25) is 0 Å². The Morgan fingerprint density at radius 2 is 2.08 bits per heavy atom. The van der Waals surface area contributed by atoms with Crippen LogP contribution in [0.1, 0.15) is 31.7 Å². The van der Waals surface area contributed by atoms with Crippen LogP contribution in [0.3, 0.4) is 0 Å². The van der Waals surface area contributed by atoms with E-state index < -0.39 is 14.3 Å². The molecule has 24 heavy (non-hydrogen) atoms. The van der Waals surface area contributed by atoms with Crippen molar-refractivity contribution in [2.24, 2.45) is 0 Å². The first-order valence-corrected chi connectivity index (χ1v) is 11.8. The van der Waals surface area contributed by atoms with Gasteiger partial charge in [-0.3, -0.25) is 4.79 Å². The molecule has 1 aromatic heterocycles. The number of hydrogen-bond acceptors (Lipinski definition) is 5. The summed E-state index contributed by atoms with van der Waals surface area (Å²) >= 11 is 0. The Labute approximate surface area is 144 Å². The molecule has 0 bridgehead atoms. The molecule has 6 heteroatoms. The van der Waals surface area contributed by atoms with Gasteiger partial charge in [0.1, 0.15) is 5.57 Å². The van der Waals surface area contributed by atoms with Crippen LogP contribution in [0, 0.1) is 0 Å². The fourth-order valence-corrected chi connectivity index (χ4v) is 4.02. The van der Waals surface area contributed by atoms with E-state index in [4.69, 9.17) is 13.6 Å². The van der Waals surface area contributed by atoms with E-state index in [-0.39, 0.29) is 24.1 Å². The van der Waals surface area contributed by atoms with Crippen molar-refractivity contribution < 1.29 is 23.2 Å². The highest BCUT2D eigenvalue weighted by Gasteiger charge is 2.35. The maximum Gasteiger partial charge on any atom is 0.341 e. The summed E-state index contributed by atoms with van der Waals surface area (Å²) in [6, 6.07) is 1.92. The molecule has 1 aromatic rings. The summed E-state index contributed by atoms with van der Waals surface area (Å²) in [5, 5.41) is 0. The second-order valence-electron chi connectivity index (χ2n) is 6.93. The van der Waals surface area contributed by atoms with Gasteiger partial charge < -0.3 is 13.6 Å². The molecule has 1 aliphatic rings. The first kappa shape index (κ1) is 18.7. The molecule has 0 aromatic carbocycles. The Morgan fingerprint density at radius 1 is 1.33 bits per heavy atom. The van der Waals surface area contributed by atoms with Crippen LogP contribution >= 0.6 is 0 Å². The van der Waals surface area contributed by atoms with Crippen molar-refractivity contribution in [2.45, 2.75) is 58.4 Å². The molecule has 1 heterocycles. The lowest BCUT2D eigenvalue weighted by Gasteiger charge is -2.28. The zero-order valence-electron chi connectivity index (χ0n) is 14.9. The van der Waals surface area contributed by atoms with E-state index in [1.807, 2.05) is 6.07 Å². The van der Waals surface area contributed by atoms with E-state index in [0.717, 1.165) is 24.0 Å². The third-order valence-electron chi connectivity index (χ3n) is 3.86. The van der Waals surface area contributed by atoms with Crippen LogP contribution in [-0.2, 0) is 25.2 Å². The second-order valence-corrected chi connectivity index (χ2v) is 11.4. The standard InChI is InChI=1S/C18H26O5Si/c1-5-22-18(20)17-14(7-8-15(17)19)16(23-24(2,3)4)9-6-13-10-11-21-12-13/h10-12,16H,5-9H2,1-4H3. The summed E-state index contributed by atoms with van der Waals surface area (Å²) in [5.41, 5.74) is 2.11. The molecule has 0 saturated heterocycles. The van der Waals surface area contributed by atoms with Gasteiger partial charge in [-0.2, -0.15) is 0 Å². The number of carbonyl (C=O) groups is 2. The van der Waals surface area contributed by atoms with Crippen LogP contribution in [0.25, 0.3) is 0 Å². The minimum atomic E-state index is -1.84. The van der Waals surface area contributed by atoms with Crippen LogP contribution in [-0.4, -0.2) is 32.8 Å². The molecule has 2 rings (SSSR count). The predicted octanol–water partition coefficient (Wildman–Crippen LogP) is 3.65. The third-order valence-corrected chi connectivity index (χ3v) is 4.85. The Morgan fingerprint density at radius 3 is 2.67 bits per heavy atom. The van der Waals surface area contributed by atoms with Crippen LogP contribution in [0.5, 0.6) is 0 Å². The van der Waals surface area contributed by atoms with Gasteiger partial charge >= 0.3 is 5.97 Å². The molecular formula is C18H26O5Si. The van der Waals surface area contributed by atoms with Gasteiger partial charge in [0.15, 0.2) is 14.1 Å². The molecule has 0 spiro atoms. The Balaban J connectivity index is 2.25. The Kier molecular flexibility index (Phi) is 6.18. The van der Waals surface area contributed by atoms with Crippen LogP contribution in [0.4, 0.5) is 0 Å². The fourth-order valence-electron chi connectivity index (χ4n) is 2.91. The van der Waals surface area contributed by atoms with Crippen molar-refractivity contribution in [3.05, 3.63) is 35.3 Å². The van der Waals surface area contributed by atoms with E-state index in [0.29, 0.717) is 12.8 Å². The number of aryl methyl sites for hydroxylation is 1. The number of ketones is 1. The van der Waals surface area contributed by atoms with Crippen LogP contribution in [0.15, 0.2) is 34.2 Å². The van der Waals surface area contributed by atoms with Gasteiger partial charge in [-0.15, -0.1) is 0 Å². The zero-order valence-corrected chi connectivity index (χ0v) is 15.9. The molecule has 5 nitrogen and oxygen atoms in total. The summed E-state index contributed by atoms with van der Waals surface area (Å²) in [7, 11) is -1.84. The Bertz CT molecular complexity index is 610. The molecule has 0 amide bonds. The molecule has 0 fully saturated rings. The van der Waals surface area contributed by atoms with Crippen molar-refractivity contribution in [1.82, 2.24) is 0 Å². The largest absolute Gasteiger partial charge is 0.472 e. The lowest BCUT2D eigenvalue weighted by atomic mass is 9.99. The Hall–Kier alpha value is -1.66. The lowest BCUT2D eigenvalue weighted by molar-refractivity contribution is -0.139. The highest BCUT2D eigenvalue weighted by atomic mass is 28.4. The predicted molar refractivity (Wildman–Crippen MR) is 93.1 cm³/mol. The van der Waals surface area contributed by atoms with Crippen molar-refractivity contribution >= 4 is 20.1 Å². The summed E-state index contributed by atoms with van der Waals surface area (Å²) in [5.74, 6) is -0.640. The number of hydrogen-bond donors (Lipinski definition) is 0. The number of rotatable bonds is 8. The molecule has 1 aliphatic carbocycles. The number of Topliss-reactive ketones (excluding diaryl/α,β-unsaturated/α-hetero) is 1. The van der Waals surface area contributed by atoms with E-state index in [9.17, 15) is 9.59 Å². The van der Waals surface area contributed by atoms with Crippen molar-refractivity contribution in [3.8, 4) is 0 Å². The topological polar surface area (TPSA) is 65.7 Å². The minimum absolute atomic E-state index is 0.129. The maximum absolute atomic E-state index is 12.2. The van der Waals surface area contributed by atoms with Crippen molar-refractivity contribution in [1.29, 1.82) is 0 Å². The van der Waals surface area contributed by atoms with Gasteiger partial charge in [0.05, 0.1) is 25.2 Å². The minimum Gasteiger partial charge on any atom is -0.472 e. The molecule has 0 N–H and O–H groups in total. The third kappa shape index (κ3) is 4.91. The molecular weight excluding hydrogens is 324 g/mol. The molecule has 0 radical (unpaired) electrons. The highest BCUT2D eigenvalue weighted by Crippen LogP contribution is 2.32. The molecule has 0 aliphatic heterocycles. The van der Waals surface area contributed by atoms with Crippen molar-refractivity contribution in [2.75, 3.05) is 6.61 Å². The van der Waals surface area contributed by atoms with Gasteiger partial charge in [-0.25, -0.2) is 4.79 Å². The molecule has 132 valence electrons. The van der Waals surface area contributed by atoms with E-state index in [1.54, 1.807) is 19.5 Å².